The maximum atomic E-state index is 8.95. The first-order valence-corrected chi connectivity index (χ1v) is 6.64. The summed E-state index contributed by atoms with van der Waals surface area (Å²) in [6.45, 7) is 7.34. The Morgan fingerprint density at radius 1 is 1.39 bits per heavy atom. The van der Waals surface area contributed by atoms with Crippen molar-refractivity contribution in [2.45, 2.75) is 39.5 Å². The molecule has 5 heteroatoms. The van der Waals surface area contributed by atoms with Gasteiger partial charge in [0.2, 0.25) is 0 Å². The molecule has 0 aliphatic heterocycles. The van der Waals surface area contributed by atoms with Crippen molar-refractivity contribution in [1.82, 2.24) is 9.78 Å². The number of hydrogen-bond donors (Lipinski definition) is 3. The number of aliphatic hydroxyl groups excluding tert-OH is 1. The molecule has 0 aromatic carbocycles. The minimum atomic E-state index is 0.255. The van der Waals surface area contributed by atoms with Gasteiger partial charge in [-0.3, -0.25) is 4.68 Å². The number of rotatable bonds is 7. The lowest BCUT2D eigenvalue weighted by Gasteiger charge is -2.10. The summed E-state index contributed by atoms with van der Waals surface area (Å²) in [6, 6.07) is 0. The molecule has 1 aromatic rings. The lowest BCUT2D eigenvalue weighted by Crippen LogP contribution is -2.10. The quantitative estimate of drug-likeness (QED) is 0.650. The Hall–Kier alpha value is -1.23. The van der Waals surface area contributed by atoms with Crippen LogP contribution in [0.4, 0.5) is 11.5 Å². The van der Waals surface area contributed by atoms with Gasteiger partial charge in [0, 0.05) is 20.2 Å². The highest BCUT2D eigenvalue weighted by Crippen LogP contribution is 2.27. The Morgan fingerprint density at radius 3 is 2.56 bits per heavy atom. The summed E-state index contributed by atoms with van der Waals surface area (Å²) in [6.07, 6.45) is 2.03. The second kappa shape index (κ2) is 6.64. The van der Waals surface area contributed by atoms with E-state index in [0.717, 1.165) is 36.6 Å². The number of aromatic nitrogens is 2. The van der Waals surface area contributed by atoms with E-state index in [1.165, 1.54) is 0 Å². The van der Waals surface area contributed by atoms with E-state index in [-0.39, 0.29) is 6.61 Å². The Balaban J connectivity index is 2.52. The van der Waals surface area contributed by atoms with Gasteiger partial charge in [-0.1, -0.05) is 20.8 Å². The largest absolute Gasteiger partial charge is 0.396 e. The van der Waals surface area contributed by atoms with E-state index < -0.39 is 0 Å². The zero-order chi connectivity index (χ0) is 13.7. The molecule has 0 spiro atoms. The normalized spacial score (nSPS) is 13.0. The van der Waals surface area contributed by atoms with Crippen molar-refractivity contribution in [2.75, 3.05) is 24.2 Å². The van der Waals surface area contributed by atoms with Crippen molar-refractivity contribution in [3.8, 4) is 0 Å². The first-order valence-electron chi connectivity index (χ1n) is 6.64. The summed E-state index contributed by atoms with van der Waals surface area (Å²) in [5, 5.41) is 16.7. The van der Waals surface area contributed by atoms with E-state index in [9.17, 15) is 0 Å². The fraction of sp³-hybridized carbons (Fsp3) is 0.769. The molecule has 0 aliphatic rings. The third-order valence-corrected chi connectivity index (χ3v) is 3.14. The Bertz CT molecular complexity index is 373. The van der Waals surface area contributed by atoms with E-state index in [1.54, 1.807) is 4.68 Å². The molecule has 4 N–H and O–H groups in total. The number of aryl methyl sites for hydroxylation is 1. The fourth-order valence-electron chi connectivity index (χ4n) is 1.95. The Kier molecular flexibility index (Phi) is 5.47. The smallest absolute Gasteiger partial charge is 0.147 e. The van der Waals surface area contributed by atoms with Crippen molar-refractivity contribution in [3.63, 3.8) is 0 Å². The molecule has 0 bridgehead atoms. The molecule has 0 fully saturated rings. The fourth-order valence-corrected chi connectivity index (χ4v) is 1.95. The monoisotopic (exact) mass is 254 g/mol. The number of nitrogens with zero attached hydrogens (tertiary/aromatic N) is 2. The third kappa shape index (κ3) is 3.63. The van der Waals surface area contributed by atoms with Crippen LogP contribution in [-0.2, 0) is 7.05 Å². The van der Waals surface area contributed by atoms with Crippen molar-refractivity contribution in [2.24, 2.45) is 13.0 Å². The Labute approximate surface area is 109 Å². The number of nitrogens with one attached hydrogen (secondary N) is 1. The van der Waals surface area contributed by atoms with Gasteiger partial charge >= 0.3 is 0 Å². The lowest BCUT2D eigenvalue weighted by molar-refractivity contribution is 0.229. The molecule has 1 rings (SSSR count). The first kappa shape index (κ1) is 14.8. The summed E-state index contributed by atoms with van der Waals surface area (Å²) in [4.78, 5) is 0. The van der Waals surface area contributed by atoms with Crippen molar-refractivity contribution >= 4 is 11.5 Å². The van der Waals surface area contributed by atoms with Gasteiger partial charge in [0.05, 0.1) is 11.4 Å². The molecular formula is C13H26N4O. The van der Waals surface area contributed by atoms with Crippen LogP contribution in [0.25, 0.3) is 0 Å². The van der Waals surface area contributed by atoms with Gasteiger partial charge in [-0.2, -0.15) is 5.10 Å². The number of nitrogens with two attached hydrogens (primary N) is 1. The summed E-state index contributed by atoms with van der Waals surface area (Å²) >= 11 is 0. The average Bonchev–Trinajstić information content (AvgIpc) is 2.61. The highest BCUT2D eigenvalue weighted by molar-refractivity contribution is 5.65. The summed E-state index contributed by atoms with van der Waals surface area (Å²) in [5.41, 5.74) is 7.79. The van der Waals surface area contributed by atoms with Crippen LogP contribution >= 0.6 is 0 Å². The third-order valence-electron chi connectivity index (χ3n) is 3.14. The number of anilines is 2. The molecule has 0 amide bonds. The van der Waals surface area contributed by atoms with E-state index in [4.69, 9.17) is 10.8 Å². The van der Waals surface area contributed by atoms with Crippen molar-refractivity contribution in [3.05, 3.63) is 5.69 Å². The van der Waals surface area contributed by atoms with Crippen LogP contribution in [0, 0.1) is 5.92 Å². The maximum Gasteiger partial charge on any atom is 0.147 e. The maximum absolute atomic E-state index is 8.95. The zero-order valence-electron chi connectivity index (χ0n) is 11.9. The van der Waals surface area contributed by atoms with Crippen molar-refractivity contribution in [1.29, 1.82) is 0 Å². The average molecular weight is 254 g/mol. The van der Waals surface area contributed by atoms with Crippen LogP contribution in [0.2, 0.25) is 0 Å². The molecule has 0 aliphatic carbocycles. The molecule has 18 heavy (non-hydrogen) atoms. The highest BCUT2D eigenvalue weighted by Gasteiger charge is 2.15. The molecule has 1 atom stereocenters. The van der Waals surface area contributed by atoms with E-state index in [1.807, 2.05) is 7.05 Å². The molecular weight excluding hydrogens is 228 g/mol. The molecule has 1 aromatic heterocycles. The number of nitrogen functional groups attached to an aromatic ring is 1. The van der Waals surface area contributed by atoms with Gasteiger partial charge in [0.25, 0.3) is 0 Å². The van der Waals surface area contributed by atoms with Gasteiger partial charge in [-0.15, -0.1) is 0 Å². The van der Waals surface area contributed by atoms with Crippen LogP contribution in [0.15, 0.2) is 0 Å². The molecule has 5 nitrogen and oxygen atoms in total. The second-order valence-corrected chi connectivity index (χ2v) is 5.28. The van der Waals surface area contributed by atoms with Gasteiger partial charge in [0.1, 0.15) is 5.82 Å². The van der Waals surface area contributed by atoms with Crippen LogP contribution in [0.5, 0.6) is 0 Å². The summed E-state index contributed by atoms with van der Waals surface area (Å²) in [5.74, 6) is 1.60. The standard InChI is InChI=1S/C13H26N4O/c1-9(2)12-11(14)13(17(4)16-12)15-7-5-6-10(3)8-18/h9-10,15,18H,5-8,14H2,1-4H3. The number of aliphatic hydroxyl groups is 1. The minimum absolute atomic E-state index is 0.255. The van der Waals surface area contributed by atoms with Crippen LogP contribution in [-0.4, -0.2) is 28.0 Å². The van der Waals surface area contributed by atoms with Crippen LogP contribution in [0.1, 0.15) is 45.2 Å². The van der Waals surface area contributed by atoms with E-state index >= 15 is 0 Å². The predicted octanol–water partition coefficient (Wildman–Crippen LogP) is 1.95. The molecule has 1 unspecified atom stereocenters. The topological polar surface area (TPSA) is 76.1 Å². The van der Waals surface area contributed by atoms with Crippen LogP contribution < -0.4 is 11.1 Å². The molecule has 0 saturated heterocycles. The zero-order valence-corrected chi connectivity index (χ0v) is 11.9. The van der Waals surface area contributed by atoms with Gasteiger partial charge < -0.3 is 16.2 Å². The van der Waals surface area contributed by atoms with Gasteiger partial charge in [-0.05, 0) is 24.7 Å². The van der Waals surface area contributed by atoms with Crippen molar-refractivity contribution < 1.29 is 5.11 Å². The molecule has 0 radical (unpaired) electrons. The predicted molar refractivity (Wildman–Crippen MR) is 75.7 cm³/mol. The Morgan fingerprint density at radius 2 is 2.06 bits per heavy atom. The summed E-state index contributed by atoms with van der Waals surface area (Å²) in [7, 11) is 1.90. The first-order chi connectivity index (χ1) is 8.47. The molecule has 0 saturated carbocycles. The van der Waals surface area contributed by atoms with Gasteiger partial charge in [-0.25, -0.2) is 0 Å². The minimum Gasteiger partial charge on any atom is -0.396 e. The van der Waals surface area contributed by atoms with Gasteiger partial charge in [0.15, 0.2) is 0 Å². The lowest BCUT2D eigenvalue weighted by atomic mass is 10.1. The van der Waals surface area contributed by atoms with E-state index in [0.29, 0.717) is 11.8 Å². The molecule has 1 heterocycles. The highest BCUT2D eigenvalue weighted by atomic mass is 16.3. The second-order valence-electron chi connectivity index (χ2n) is 5.28. The number of hydrogen-bond acceptors (Lipinski definition) is 4. The SMILES string of the molecule is CC(CO)CCCNc1c(N)c(C(C)C)nn1C. The summed E-state index contributed by atoms with van der Waals surface area (Å²) < 4.78 is 1.81. The molecule has 104 valence electrons. The van der Waals surface area contributed by atoms with E-state index in [2.05, 4.69) is 31.2 Å². The van der Waals surface area contributed by atoms with Crippen LogP contribution in [0.3, 0.4) is 0 Å².